The standard InChI is InChI=1S/C17H27NO/c1-18-17-11-10-15(14-7-4-3-5-8-14)13-16(17)9-6-12-19-2/h3-5,7-8,15-18H,6,9-13H2,1-2H3. The van der Waals surface area contributed by atoms with Gasteiger partial charge < -0.3 is 10.1 Å². The van der Waals surface area contributed by atoms with Crippen LogP contribution in [0.2, 0.25) is 0 Å². The van der Waals surface area contributed by atoms with E-state index in [4.69, 9.17) is 4.74 Å². The number of nitrogens with one attached hydrogen (secondary N) is 1. The van der Waals surface area contributed by atoms with Crippen molar-refractivity contribution in [2.24, 2.45) is 5.92 Å². The molecule has 1 aliphatic carbocycles. The summed E-state index contributed by atoms with van der Waals surface area (Å²) >= 11 is 0. The van der Waals surface area contributed by atoms with E-state index in [0.29, 0.717) is 6.04 Å². The minimum Gasteiger partial charge on any atom is -0.385 e. The molecule has 0 aromatic heterocycles. The Labute approximate surface area is 117 Å². The van der Waals surface area contributed by atoms with Gasteiger partial charge in [0.15, 0.2) is 0 Å². The van der Waals surface area contributed by atoms with Gasteiger partial charge in [0.2, 0.25) is 0 Å². The van der Waals surface area contributed by atoms with Crippen LogP contribution in [0.4, 0.5) is 0 Å². The van der Waals surface area contributed by atoms with Gasteiger partial charge in [-0.25, -0.2) is 0 Å². The van der Waals surface area contributed by atoms with E-state index in [1.54, 1.807) is 7.11 Å². The van der Waals surface area contributed by atoms with Crippen molar-refractivity contribution in [1.29, 1.82) is 0 Å². The van der Waals surface area contributed by atoms with Crippen LogP contribution in [0.15, 0.2) is 30.3 Å². The molecule has 1 aromatic rings. The molecule has 0 saturated heterocycles. The SMILES string of the molecule is CNC1CCC(c2ccccc2)CC1CCCOC. The van der Waals surface area contributed by atoms with Gasteiger partial charge in [0.25, 0.3) is 0 Å². The third-order valence-corrected chi connectivity index (χ3v) is 4.55. The molecule has 1 N–H and O–H groups in total. The minimum atomic E-state index is 0.691. The number of rotatable bonds is 6. The molecule has 0 heterocycles. The third-order valence-electron chi connectivity index (χ3n) is 4.55. The number of methoxy groups -OCH3 is 1. The topological polar surface area (TPSA) is 21.3 Å². The highest BCUT2D eigenvalue weighted by Crippen LogP contribution is 2.38. The molecular formula is C17H27NO. The molecule has 0 spiro atoms. The van der Waals surface area contributed by atoms with Gasteiger partial charge in [0.05, 0.1) is 0 Å². The number of ether oxygens (including phenoxy) is 1. The van der Waals surface area contributed by atoms with E-state index in [-0.39, 0.29) is 0 Å². The van der Waals surface area contributed by atoms with Crippen LogP contribution in [0, 0.1) is 5.92 Å². The molecule has 1 aromatic carbocycles. The van der Waals surface area contributed by atoms with Crippen molar-refractivity contribution < 1.29 is 4.74 Å². The van der Waals surface area contributed by atoms with Crippen LogP contribution < -0.4 is 5.32 Å². The zero-order chi connectivity index (χ0) is 13.5. The third kappa shape index (κ3) is 4.05. The molecule has 106 valence electrons. The molecule has 1 fully saturated rings. The maximum atomic E-state index is 5.19. The summed E-state index contributed by atoms with van der Waals surface area (Å²) in [5.41, 5.74) is 1.52. The lowest BCUT2D eigenvalue weighted by Gasteiger charge is -2.36. The zero-order valence-electron chi connectivity index (χ0n) is 12.3. The molecule has 1 saturated carbocycles. The molecule has 3 atom stereocenters. The van der Waals surface area contributed by atoms with E-state index >= 15 is 0 Å². The first kappa shape index (κ1) is 14.5. The molecule has 1 aliphatic rings. The van der Waals surface area contributed by atoms with Gasteiger partial charge in [-0.15, -0.1) is 0 Å². The Morgan fingerprint density at radius 2 is 2.00 bits per heavy atom. The van der Waals surface area contributed by atoms with Gasteiger partial charge in [0.1, 0.15) is 0 Å². The normalized spacial score (nSPS) is 27.4. The molecule has 0 bridgehead atoms. The first-order chi connectivity index (χ1) is 9.35. The van der Waals surface area contributed by atoms with E-state index in [9.17, 15) is 0 Å². The van der Waals surface area contributed by atoms with Gasteiger partial charge in [-0.2, -0.15) is 0 Å². The number of benzene rings is 1. The monoisotopic (exact) mass is 261 g/mol. The fraction of sp³-hybridized carbons (Fsp3) is 0.647. The van der Waals surface area contributed by atoms with Crippen LogP contribution in [0.3, 0.4) is 0 Å². The van der Waals surface area contributed by atoms with Crippen LogP contribution >= 0.6 is 0 Å². The number of hydrogen-bond donors (Lipinski definition) is 1. The van der Waals surface area contributed by atoms with Crippen molar-refractivity contribution in [3.05, 3.63) is 35.9 Å². The maximum Gasteiger partial charge on any atom is 0.0462 e. The van der Waals surface area contributed by atoms with Crippen LogP contribution in [0.1, 0.15) is 43.6 Å². The first-order valence-electron chi connectivity index (χ1n) is 7.56. The average molecular weight is 261 g/mol. The van der Waals surface area contributed by atoms with E-state index < -0.39 is 0 Å². The lowest BCUT2D eigenvalue weighted by atomic mass is 9.73. The maximum absolute atomic E-state index is 5.19. The smallest absolute Gasteiger partial charge is 0.0462 e. The second-order valence-corrected chi connectivity index (χ2v) is 5.71. The summed E-state index contributed by atoms with van der Waals surface area (Å²) in [5, 5.41) is 3.51. The highest BCUT2D eigenvalue weighted by atomic mass is 16.5. The summed E-state index contributed by atoms with van der Waals surface area (Å²) < 4.78 is 5.19. The van der Waals surface area contributed by atoms with Gasteiger partial charge in [-0.3, -0.25) is 0 Å². The van der Waals surface area contributed by atoms with Crippen molar-refractivity contribution in [3.8, 4) is 0 Å². The van der Waals surface area contributed by atoms with Gasteiger partial charge in [0, 0.05) is 19.8 Å². The fourth-order valence-corrected chi connectivity index (χ4v) is 3.48. The minimum absolute atomic E-state index is 0.691. The molecular weight excluding hydrogens is 234 g/mol. The second kappa shape index (κ2) is 7.66. The molecule has 2 rings (SSSR count). The summed E-state index contributed by atoms with van der Waals surface area (Å²) in [5.74, 6) is 1.54. The van der Waals surface area contributed by atoms with E-state index in [0.717, 1.165) is 18.4 Å². The molecule has 0 amide bonds. The molecule has 3 unspecified atom stereocenters. The van der Waals surface area contributed by atoms with Crippen molar-refractivity contribution in [1.82, 2.24) is 5.32 Å². The summed E-state index contributed by atoms with van der Waals surface area (Å²) in [7, 11) is 3.90. The predicted octanol–water partition coefficient (Wildman–Crippen LogP) is 3.58. The molecule has 2 heteroatoms. The van der Waals surface area contributed by atoms with E-state index in [1.807, 2.05) is 0 Å². The Morgan fingerprint density at radius 1 is 1.21 bits per heavy atom. The lowest BCUT2D eigenvalue weighted by Crippen LogP contribution is -2.38. The van der Waals surface area contributed by atoms with Crippen LogP contribution in [-0.2, 0) is 4.74 Å². The molecule has 19 heavy (non-hydrogen) atoms. The fourth-order valence-electron chi connectivity index (χ4n) is 3.48. The van der Waals surface area contributed by atoms with Crippen molar-refractivity contribution in [2.45, 2.75) is 44.1 Å². The Morgan fingerprint density at radius 3 is 2.68 bits per heavy atom. The average Bonchev–Trinajstić information content (AvgIpc) is 2.48. The quantitative estimate of drug-likeness (QED) is 0.790. The molecule has 0 aliphatic heterocycles. The van der Waals surface area contributed by atoms with Crippen LogP contribution in [0.25, 0.3) is 0 Å². The summed E-state index contributed by atoms with van der Waals surface area (Å²) in [6.45, 7) is 0.892. The number of hydrogen-bond acceptors (Lipinski definition) is 2. The summed E-state index contributed by atoms with van der Waals surface area (Å²) in [6, 6.07) is 11.7. The highest BCUT2D eigenvalue weighted by molar-refractivity contribution is 5.20. The summed E-state index contributed by atoms with van der Waals surface area (Å²) in [6.07, 6.45) is 6.40. The van der Waals surface area contributed by atoms with Gasteiger partial charge in [-0.05, 0) is 56.6 Å². The van der Waals surface area contributed by atoms with E-state index in [1.165, 1.54) is 37.7 Å². The molecule has 2 nitrogen and oxygen atoms in total. The Kier molecular flexibility index (Phi) is 5.87. The van der Waals surface area contributed by atoms with Crippen molar-refractivity contribution in [3.63, 3.8) is 0 Å². The first-order valence-corrected chi connectivity index (χ1v) is 7.56. The lowest BCUT2D eigenvalue weighted by molar-refractivity contribution is 0.169. The zero-order valence-corrected chi connectivity index (χ0v) is 12.3. The Hall–Kier alpha value is -0.860. The largest absolute Gasteiger partial charge is 0.385 e. The second-order valence-electron chi connectivity index (χ2n) is 5.71. The highest BCUT2D eigenvalue weighted by Gasteiger charge is 2.29. The molecule has 0 radical (unpaired) electrons. The van der Waals surface area contributed by atoms with Gasteiger partial charge >= 0.3 is 0 Å². The Bertz CT molecular complexity index is 352. The van der Waals surface area contributed by atoms with Crippen molar-refractivity contribution >= 4 is 0 Å². The van der Waals surface area contributed by atoms with Crippen molar-refractivity contribution in [2.75, 3.05) is 20.8 Å². The Balaban J connectivity index is 1.95. The predicted molar refractivity (Wildman–Crippen MR) is 80.5 cm³/mol. The van der Waals surface area contributed by atoms with Gasteiger partial charge in [-0.1, -0.05) is 30.3 Å². The van der Waals surface area contributed by atoms with Crippen LogP contribution in [0.5, 0.6) is 0 Å². The van der Waals surface area contributed by atoms with Crippen LogP contribution in [-0.4, -0.2) is 26.8 Å². The van der Waals surface area contributed by atoms with E-state index in [2.05, 4.69) is 42.7 Å². The summed E-state index contributed by atoms with van der Waals surface area (Å²) in [4.78, 5) is 0.